The maximum absolute atomic E-state index is 9.90. The molecule has 0 radical (unpaired) electrons. The van der Waals surface area contributed by atoms with E-state index in [0.717, 1.165) is 62.4 Å². The van der Waals surface area contributed by atoms with Gasteiger partial charge < -0.3 is 15.2 Å². The molecule has 0 fully saturated rings. The molecule has 0 aromatic heterocycles. The van der Waals surface area contributed by atoms with Crippen molar-refractivity contribution in [1.82, 2.24) is 0 Å². The first-order valence-electron chi connectivity index (χ1n) is 17.1. The molecule has 0 atom stereocenters. The van der Waals surface area contributed by atoms with Gasteiger partial charge in [-0.2, -0.15) is 0 Å². The maximum atomic E-state index is 9.90. The van der Waals surface area contributed by atoms with Gasteiger partial charge in [-0.15, -0.1) is 0 Å². The van der Waals surface area contributed by atoms with Gasteiger partial charge in [0.15, 0.2) is 0 Å². The molecular weight excluding hydrogens is 627 g/mol. The minimum absolute atomic E-state index is 0.0520. The zero-order chi connectivity index (χ0) is 36.4. The predicted molar refractivity (Wildman–Crippen MR) is 212 cm³/mol. The molecule has 0 saturated heterocycles. The van der Waals surface area contributed by atoms with Crippen LogP contribution in [0.2, 0.25) is 0 Å². The Labute approximate surface area is 303 Å². The van der Waals surface area contributed by atoms with Crippen LogP contribution >= 0.6 is 0 Å². The minimum atomic E-state index is 0.0520. The van der Waals surface area contributed by atoms with Gasteiger partial charge in [0, 0.05) is 0 Å². The fourth-order valence-electron chi connectivity index (χ4n) is 5.86. The number of ether oxygens (including phenoxy) is 2. The molecule has 5 heteroatoms. The fourth-order valence-corrected chi connectivity index (χ4v) is 5.86. The Morgan fingerprint density at radius 1 is 0.667 bits per heavy atom. The lowest BCUT2D eigenvalue weighted by molar-refractivity contribution is 0.414. The third-order valence-electron chi connectivity index (χ3n) is 8.52. The molecule has 0 unspecified atom stereocenters. The van der Waals surface area contributed by atoms with E-state index >= 15 is 0 Å². The Morgan fingerprint density at radius 3 is 1.59 bits per heavy atom. The molecule has 5 aromatic carbocycles. The van der Waals surface area contributed by atoms with Crippen LogP contribution in [0.3, 0.4) is 0 Å². The largest absolute Gasteiger partial charge is 0.497 e. The Balaban J connectivity index is 0.00000286. The first-order valence-corrected chi connectivity index (χ1v) is 17.1. The number of rotatable bonds is 13. The molecule has 256 valence electrons. The summed E-state index contributed by atoms with van der Waals surface area (Å²) in [6, 6.07) is 45.3. The normalized spacial score (nSPS) is 11.0. The van der Waals surface area contributed by atoms with Crippen molar-refractivity contribution in [2.45, 2.75) is 32.6 Å². The molecule has 5 rings (SSSR count). The predicted octanol–water partition coefficient (Wildman–Crippen LogP) is 10.9. The van der Waals surface area contributed by atoms with Crippen LogP contribution in [0, 0.1) is 17.9 Å². The summed E-state index contributed by atoms with van der Waals surface area (Å²) in [6.45, 7) is 9.96. The SMILES string of the molecule is CN.[C-]#[N+]/C(C#N)=C(/C=C/c1ccc(CCCCC)cc1)c1ccc(C(=C(c2ccc(OC)cc2)c2ccc(OC)cc2)c2ccccc2)cc1. The van der Waals surface area contributed by atoms with Crippen LogP contribution in [0.1, 0.15) is 65.1 Å². The van der Waals surface area contributed by atoms with Crippen LogP contribution in [0.4, 0.5) is 0 Å². The highest BCUT2D eigenvalue weighted by atomic mass is 16.5. The summed E-state index contributed by atoms with van der Waals surface area (Å²) in [4.78, 5) is 3.58. The monoisotopic (exact) mass is 671 g/mol. The van der Waals surface area contributed by atoms with Crippen LogP contribution < -0.4 is 15.2 Å². The van der Waals surface area contributed by atoms with Gasteiger partial charge in [0.25, 0.3) is 5.70 Å². The summed E-state index contributed by atoms with van der Waals surface area (Å²) in [6.07, 6.45) is 8.55. The summed E-state index contributed by atoms with van der Waals surface area (Å²) in [5, 5.41) is 9.90. The lowest BCUT2D eigenvalue weighted by atomic mass is 9.85. The third-order valence-corrected chi connectivity index (χ3v) is 8.52. The van der Waals surface area contributed by atoms with Gasteiger partial charge in [0.2, 0.25) is 0 Å². The van der Waals surface area contributed by atoms with Crippen LogP contribution in [-0.4, -0.2) is 21.3 Å². The second-order valence-corrected chi connectivity index (χ2v) is 11.7. The first-order chi connectivity index (χ1) is 25.1. The van der Waals surface area contributed by atoms with Crippen molar-refractivity contribution in [1.29, 1.82) is 5.26 Å². The summed E-state index contributed by atoms with van der Waals surface area (Å²) in [5.41, 5.74) is 14.5. The summed E-state index contributed by atoms with van der Waals surface area (Å²) in [7, 11) is 4.84. The van der Waals surface area contributed by atoms with E-state index in [9.17, 15) is 5.26 Å². The topological polar surface area (TPSA) is 72.6 Å². The van der Waals surface area contributed by atoms with Crippen LogP contribution in [-0.2, 0) is 6.42 Å². The van der Waals surface area contributed by atoms with Crippen LogP contribution in [0.15, 0.2) is 139 Å². The second kappa shape index (κ2) is 19.8. The molecule has 5 nitrogen and oxygen atoms in total. The molecule has 0 bridgehead atoms. The summed E-state index contributed by atoms with van der Waals surface area (Å²) < 4.78 is 10.9. The molecule has 0 aliphatic carbocycles. The van der Waals surface area contributed by atoms with Gasteiger partial charge >= 0.3 is 0 Å². The van der Waals surface area contributed by atoms with Gasteiger partial charge in [-0.3, -0.25) is 0 Å². The quantitative estimate of drug-likeness (QED) is 0.0444. The highest BCUT2D eigenvalue weighted by Crippen LogP contribution is 2.38. The molecule has 0 aliphatic rings. The Kier molecular flexibility index (Phi) is 14.6. The summed E-state index contributed by atoms with van der Waals surface area (Å²) in [5.74, 6) is 1.57. The molecular formula is C46H45N3O2. The molecule has 0 saturated carbocycles. The number of hydrogen-bond donors (Lipinski definition) is 1. The van der Waals surface area contributed by atoms with Crippen LogP contribution in [0.5, 0.6) is 11.5 Å². The van der Waals surface area contributed by atoms with E-state index in [1.807, 2.05) is 66.7 Å². The number of unbranched alkanes of at least 4 members (excludes halogenated alkanes) is 2. The Hall–Kier alpha value is -6.14. The maximum Gasteiger partial charge on any atom is 0.269 e. The number of methoxy groups -OCH3 is 2. The number of nitrogens with zero attached hydrogens (tertiary/aromatic N) is 2. The number of nitrogens with two attached hydrogens (primary N) is 1. The Bertz CT molecular complexity index is 1940. The van der Waals surface area contributed by atoms with E-state index in [1.165, 1.54) is 31.9 Å². The average Bonchev–Trinajstić information content (AvgIpc) is 3.20. The number of hydrogen-bond acceptors (Lipinski definition) is 4. The fraction of sp³-hybridized carbons (Fsp3) is 0.174. The van der Waals surface area contributed by atoms with Crippen molar-refractivity contribution in [3.05, 3.63) is 190 Å². The zero-order valence-electron chi connectivity index (χ0n) is 29.9. The molecule has 0 heterocycles. The van der Waals surface area contributed by atoms with Crippen molar-refractivity contribution in [3.8, 4) is 17.6 Å². The number of benzene rings is 5. The molecule has 0 spiro atoms. The molecule has 2 N–H and O–H groups in total. The minimum Gasteiger partial charge on any atom is -0.497 e. The van der Waals surface area contributed by atoms with E-state index in [2.05, 4.69) is 96.4 Å². The average molecular weight is 672 g/mol. The van der Waals surface area contributed by atoms with Crippen molar-refractivity contribution >= 4 is 22.8 Å². The van der Waals surface area contributed by atoms with Gasteiger partial charge in [0.05, 0.1) is 26.9 Å². The molecule has 51 heavy (non-hydrogen) atoms. The zero-order valence-corrected chi connectivity index (χ0v) is 29.9. The van der Waals surface area contributed by atoms with Gasteiger partial charge in [0.1, 0.15) is 11.5 Å². The van der Waals surface area contributed by atoms with Crippen molar-refractivity contribution in [2.24, 2.45) is 5.73 Å². The number of nitriles is 1. The third kappa shape index (κ3) is 9.96. The number of allylic oxidation sites excluding steroid dienone is 3. The molecule has 5 aromatic rings. The Morgan fingerprint density at radius 2 is 1.14 bits per heavy atom. The molecule has 0 amide bonds. The van der Waals surface area contributed by atoms with E-state index in [-0.39, 0.29) is 5.70 Å². The highest BCUT2D eigenvalue weighted by molar-refractivity contribution is 6.04. The molecule has 0 aliphatic heterocycles. The first kappa shape index (κ1) is 37.7. The number of aryl methyl sites for hydroxylation is 1. The van der Waals surface area contributed by atoms with Crippen molar-refractivity contribution in [2.75, 3.05) is 21.3 Å². The van der Waals surface area contributed by atoms with Crippen molar-refractivity contribution < 1.29 is 9.47 Å². The van der Waals surface area contributed by atoms with E-state index < -0.39 is 0 Å². The standard InChI is InChI=1S/C45H40N2O2.CH5N/c1-5-6-8-11-33-14-16-34(17-15-33)18-31-42(43(32-46)47-2)35-19-21-37(22-20-35)44(36-12-9-7-10-13-36)45(38-23-27-40(48-3)28-24-38)39-25-29-41(49-4)30-26-39;1-2/h7,9-10,12-31H,5-6,8,11H2,1,3-4H3;2H2,1H3/b31-18+,43-42-;. The highest BCUT2D eigenvalue weighted by Gasteiger charge is 2.17. The van der Waals surface area contributed by atoms with Gasteiger partial charge in [-0.25, -0.2) is 10.1 Å². The van der Waals surface area contributed by atoms with E-state index in [4.69, 9.17) is 16.0 Å². The second-order valence-electron chi connectivity index (χ2n) is 11.7. The van der Waals surface area contributed by atoms with E-state index in [1.54, 1.807) is 14.2 Å². The van der Waals surface area contributed by atoms with E-state index in [0.29, 0.717) is 5.57 Å². The van der Waals surface area contributed by atoms with Gasteiger partial charge in [-0.1, -0.05) is 135 Å². The lowest BCUT2D eigenvalue weighted by Crippen LogP contribution is -1.98. The van der Waals surface area contributed by atoms with Gasteiger partial charge in [-0.05, 0) is 99.8 Å². The van der Waals surface area contributed by atoms with Crippen LogP contribution in [0.25, 0.3) is 27.6 Å². The smallest absolute Gasteiger partial charge is 0.269 e. The van der Waals surface area contributed by atoms with Crippen molar-refractivity contribution in [3.63, 3.8) is 0 Å². The summed E-state index contributed by atoms with van der Waals surface area (Å²) >= 11 is 0. The lowest BCUT2D eigenvalue weighted by Gasteiger charge is -2.19.